The van der Waals surface area contributed by atoms with E-state index < -0.39 is 0 Å². The summed E-state index contributed by atoms with van der Waals surface area (Å²) in [4.78, 5) is 0. The third kappa shape index (κ3) is 6.81. The van der Waals surface area contributed by atoms with Gasteiger partial charge in [0.15, 0.2) is 0 Å². The Kier molecular flexibility index (Phi) is 10.7. The van der Waals surface area contributed by atoms with Crippen LogP contribution in [0.3, 0.4) is 0 Å². The van der Waals surface area contributed by atoms with E-state index in [2.05, 4.69) is 94.7 Å². The molecule has 200 valence electrons. The van der Waals surface area contributed by atoms with Gasteiger partial charge in [-0.2, -0.15) is 53.6 Å². The van der Waals surface area contributed by atoms with Crippen LogP contribution in [-0.2, 0) is 42.5 Å². The molecule has 4 aromatic carbocycles. The first-order chi connectivity index (χ1) is 18.2. The van der Waals surface area contributed by atoms with Crippen molar-refractivity contribution in [1.29, 1.82) is 0 Å². The van der Waals surface area contributed by atoms with E-state index in [0.717, 1.165) is 30.6 Å². The zero-order valence-corrected chi connectivity index (χ0v) is 26.4. The zero-order valence-electron chi connectivity index (χ0n) is 22.5. The molecule has 0 N–H and O–H groups in total. The van der Waals surface area contributed by atoms with Gasteiger partial charge in [0.1, 0.15) is 0 Å². The first kappa shape index (κ1) is 30.3. The second kappa shape index (κ2) is 13.8. The van der Waals surface area contributed by atoms with Crippen LogP contribution in [-0.4, -0.2) is 3.71 Å². The topological polar surface area (TPSA) is 0 Å². The minimum atomic E-state index is 0. The molecule has 39 heavy (non-hydrogen) atoms. The van der Waals surface area contributed by atoms with Crippen LogP contribution in [0.1, 0.15) is 60.8 Å². The van der Waals surface area contributed by atoms with Crippen LogP contribution < -0.4 is 24.8 Å². The summed E-state index contributed by atoms with van der Waals surface area (Å²) in [6.45, 7) is 0. The molecule has 0 radical (unpaired) electrons. The Morgan fingerprint density at radius 2 is 1.44 bits per heavy atom. The molecular weight excluding hydrogens is 595 g/mol. The van der Waals surface area contributed by atoms with Crippen molar-refractivity contribution in [2.24, 2.45) is 17.8 Å². The Labute approximate surface area is 262 Å². The van der Waals surface area contributed by atoms with E-state index in [-0.39, 0.29) is 24.8 Å². The average molecular weight is 631 g/mol. The van der Waals surface area contributed by atoms with Crippen molar-refractivity contribution in [3.8, 4) is 11.1 Å². The van der Waals surface area contributed by atoms with Gasteiger partial charge in [0.25, 0.3) is 0 Å². The van der Waals surface area contributed by atoms with E-state index in [1.807, 2.05) is 12.1 Å². The van der Waals surface area contributed by atoms with Gasteiger partial charge in [0.2, 0.25) is 0 Å². The first-order valence-electron chi connectivity index (χ1n) is 14.1. The largest absolute Gasteiger partial charge is 0.210 e. The smallest absolute Gasteiger partial charge is 0.0253 e. The summed E-state index contributed by atoms with van der Waals surface area (Å²) in [6, 6.07) is 37.8. The summed E-state index contributed by atoms with van der Waals surface area (Å²) in [6.07, 6.45) is 11.3. The fraction of sp³-hybridized carbons (Fsp3) is 0.333. The van der Waals surface area contributed by atoms with Crippen molar-refractivity contribution in [2.75, 3.05) is 0 Å². The van der Waals surface area contributed by atoms with Crippen LogP contribution in [0.4, 0.5) is 0 Å². The van der Waals surface area contributed by atoms with Crippen LogP contribution in [0, 0.1) is 23.8 Å². The number of rotatable bonds is 3. The molecule has 4 bridgehead atoms. The number of hydrogen-bond acceptors (Lipinski definition) is 0. The summed E-state index contributed by atoms with van der Waals surface area (Å²) in [5, 5.41) is 0. The zero-order chi connectivity index (χ0) is 25.1. The van der Waals surface area contributed by atoms with Gasteiger partial charge in [0, 0.05) is 0 Å². The molecule has 0 nitrogen and oxygen atoms in total. The molecular formula is C36H36Cl2Zr-2. The van der Waals surface area contributed by atoms with E-state index in [4.69, 9.17) is 0 Å². The van der Waals surface area contributed by atoms with E-state index in [1.54, 1.807) is 24.8 Å². The number of hydrogen-bond donors (Lipinski definition) is 0. The Hall–Kier alpha value is -1.66. The van der Waals surface area contributed by atoms with Gasteiger partial charge in [0.05, 0.1) is 0 Å². The molecule has 3 heteroatoms. The molecule has 5 aliphatic rings. The Balaban J connectivity index is 0.000000137. The summed E-state index contributed by atoms with van der Waals surface area (Å²) in [7, 11) is 0. The fourth-order valence-electron chi connectivity index (χ4n) is 7.92. The van der Waals surface area contributed by atoms with E-state index >= 15 is 0 Å². The minimum absolute atomic E-state index is 0. The molecule has 0 atom stereocenters. The van der Waals surface area contributed by atoms with Crippen molar-refractivity contribution in [3.63, 3.8) is 0 Å². The van der Waals surface area contributed by atoms with Crippen LogP contribution in [0.2, 0.25) is 0 Å². The van der Waals surface area contributed by atoms with Crippen molar-refractivity contribution >= 4 is 3.71 Å². The van der Waals surface area contributed by atoms with Crippen LogP contribution in [0.5, 0.6) is 0 Å². The monoisotopic (exact) mass is 628 g/mol. The molecule has 0 aromatic heterocycles. The van der Waals surface area contributed by atoms with Gasteiger partial charge in [-0.25, -0.2) is 6.07 Å². The van der Waals surface area contributed by atoms with Gasteiger partial charge >= 0.3 is 70.3 Å². The normalized spacial score (nSPS) is 24.4. The Morgan fingerprint density at radius 1 is 0.795 bits per heavy atom. The number of fused-ring (bicyclic) bond motifs is 3. The number of halogens is 2. The first-order valence-corrected chi connectivity index (χ1v) is 15.5. The standard InChI is InChI=1S/C15H19.C13H9.C8H8.2ClH.Zr/c1-2-4-14(3-1)15-8-11-5-12(9-15)7-13(6-11)10-15;1-3-7-12-10(5-1)9-11-6-2-4-8-13(11)12;1-2-8-6-4-3-5-7-8;;;/h1-4,11-13H,5-10H2;1-5,7-8H,9H2;1,3-7H,2H2;2*1H;/q2*-1;;;;+2/p-2. The van der Waals surface area contributed by atoms with Gasteiger partial charge in [-0.15, -0.1) is 5.56 Å². The molecule has 0 unspecified atom stereocenters. The molecule has 0 aliphatic heterocycles. The van der Waals surface area contributed by atoms with Crippen molar-refractivity contribution < 1.29 is 49.0 Å². The SMILES string of the molecule is [Cl-].[Cl-].[Zr+2]=[CH]Cc1ccccc1.[c-]1cccc2c1Cc1ccccc1-2.c1cc(C23CC4CC(CC(C4)C2)C3)c[cH-]1. The molecule has 9 rings (SSSR count). The van der Waals surface area contributed by atoms with Crippen molar-refractivity contribution in [3.05, 3.63) is 125 Å². The second-order valence-electron chi connectivity index (χ2n) is 11.7. The molecule has 0 heterocycles. The molecule has 4 saturated carbocycles. The molecule has 4 aromatic rings. The third-order valence-corrected chi connectivity index (χ3v) is 9.61. The van der Waals surface area contributed by atoms with Crippen molar-refractivity contribution in [1.82, 2.24) is 0 Å². The van der Waals surface area contributed by atoms with Gasteiger partial charge < -0.3 is 24.8 Å². The van der Waals surface area contributed by atoms with Crippen LogP contribution in [0.15, 0.2) is 97.1 Å². The maximum absolute atomic E-state index is 3.30. The van der Waals surface area contributed by atoms with E-state index in [9.17, 15) is 0 Å². The molecule has 0 saturated heterocycles. The predicted octanol–water partition coefficient (Wildman–Crippen LogP) is 2.52. The second-order valence-corrected chi connectivity index (χ2v) is 12.7. The van der Waals surface area contributed by atoms with E-state index in [1.165, 1.54) is 71.3 Å². The molecule has 4 fully saturated rings. The Morgan fingerprint density at radius 3 is 2.08 bits per heavy atom. The molecule has 0 amide bonds. The predicted molar refractivity (Wildman–Crippen MR) is 152 cm³/mol. The minimum Gasteiger partial charge on any atom is -0.210 e. The average Bonchev–Trinajstić information content (AvgIpc) is 3.59. The number of benzene rings is 3. The third-order valence-electron chi connectivity index (χ3n) is 9.11. The van der Waals surface area contributed by atoms with Crippen molar-refractivity contribution in [2.45, 2.75) is 56.8 Å². The van der Waals surface area contributed by atoms with Crippen LogP contribution >= 0.6 is 0 Å². The maximum Gasteiger partial charge on any atom is -0.0253 e. The summed E-state index contributed by atoms with van der Waals surface area (Å²) >= 11 is 1.51. The van der Waals surface area contributed by atoms with E-state index in [0.29, 0.717) is 5.41 Å². The van der Waals surface area contributed by atoms with Crippen LogP contribution in [0.25, 0.3) is 11.1 Å². The van der Waals surface area contributed by atoms with Gasteiger partial charge in [-0.05, 0) is 43.4 Å². The summed E-state index contributed by atoms with van der Waals surface area (Å²) in [5.74, 6) is 3.23. The summed E-state index contributed by atoms with van der Waals surface area (Å²) < 4.78 is 2.25. The summed E-state index contributed by atoms with van der Waals surface area (Å²) in [5.41, 5.74) is 9.21. The van der Waals surface area contributed by atoms with Gasteiger partial charge in [-0.1, -0.05) is 60.1 Å². The molecule has 0 spiro atoms. The Bertz CT molecular complexity index is 1250. The molecule has 5 aliphatic carbocycles. The fourth-order valence-corrected chi connectivity index (χ4v) is 8.50. The quantitative estimate of drug-likeness (QED) is 0.269. The maximum atomic E-state index is 3.30. The van der Waals surface area contributed by atoms with Gasteiger partial charge in [-0.3, -0.25) is 0 Å².